The molecule has 6 heteroatoms. The summed E-state index contributed by atoms with van der Waals surface area (Å²) in [6, 6.07) is 0. The predicted octanol–water partition coefficient (Wildman–Crippen LogP) is 2.53. The SMILES string of the molecule is CC(=O)OC(C)Br.CC(Br)CC(=O)O. The number of rotatable bonds is 3. The Kier molecular flexibility index (Phi) is 11.0. The quantitative estimate of drug-likeness (QED) is 0.636. The second-order valence-electron chi connectivity index (χ2n) is 2.53. The zero-order chi connectivity index (χ0) is 11.7. The monoisotopic (exact) mass is 332 g/mol. The Hall–Kier alpha value is -0.100. The van der Waals surface area contributed by atoms with E-state index in [0.29, 0.717) is 0 Å². The molecule has 0 aromatic carbocycles. The smallest absolute Gasteiger partial charge is 0.304 e. The molecule has 0 bridgehead atoms. The third-order valence-corrected chi connectivity index (χ3v) is 1.29. The van der Waals surface area contributed by atoms with Crippen LogP contribution in [-0.4, -0.2) is 26.9 Å². The van der Waals surface area contributed by atoms with E-state index in [-0.39, 0.29) is 22.2 Å². The van der Waals surface area contributed by atoms with Gasteiger partial charge in [-0.05, 0) is 22.9 Å². The van der Waals surface area contributed by atoms with Crippen LogP contribution in [0.5, 0.6) is 0 Å². The van der Waals surface area contributed by atoms with E-state index in [1.807, 2.05) is 0 Å². The summed E-state index contributed by atoms with van der Waals surface area (Å²) in [5.74, 6) is -1.02. The Morgan fingerprint density at radius 2 is 1.79 bits per heavy atom. The Bertz CT molecular complexity index is 160. The minimum atomic E-state index is -0.760. The second kappa shape index (κ2) is 9.45. The molecule has 0 aliphatic heterocycles. The van der Waals surface area contributed by atoms with Gasteiger partial charge < -0.3 is 9.84 Å². The van der Waals surface area contributed by atoms with Gasteiger partial charge in [-0.2, -0.15) is 0 Å². The van der Waals surface area contributed by atoms with Crippen LogP contribution >= 0.6 is 31.9 Å². The number of hydrogen-bond donors (Lipinski definition) is 1. The van der Waals surface area contributed by atoms with Crippen molar-refractivity contribution < 1.29 is 19.4 Å². The molecule has 2 atom stereocenters. The lowest BCUT2D eigenvalue weighted by atomic mass is 10.3. The van der Waals surface area contributed by atoms with Gasteiger partial charge in [0.25, 0.3) is 0 Å². The van der Waals surface area contributed by atoms with E-state index >= 15 is 0 Å². The van der Waals surface area contributed by atoms with Gasteiger partial charge in [0.2, 0.25) is 0 Å². The van der Waals surface area contributed by atoms with Gasteiger partial charge in [0.05, 0.1) is 6.42 Å². The molecule has 14 heavy (non-hydrogen) atoms. The third-order valence-electron chi connectivity index (χ3n) is 0.784. The molecule has 0 radical (unpaired) electrons. The average Bonchev–Trinajstić information content (AvgIpc) is 1.79. The lowest BCUT2D eigenvalue weighted by molar-refractivity contribution is -0.141. The molecule has 84 valence electrons. The summed E-state index contributed by atoms with van der Waals surface area (Å²) in [5.41, 5.74) is 0. The van der Waals surface area contributed by atoms with Crippen molar-refractivity contribution in [2.75, 3.05) is 0 Å². The van der Waals surface area contributed by atoms with E-state index in [1.165, 1.54) is 6.92 Å². The van der Waals surface area contributed by atoms with Gasteiger partial charge in [-0.15, -0.1) is 0 Å². The molecule has 4 nitrogen and oxygen atoms in total. The molecule has 0 aromatic rings. The number of halogens is 2. The van der Waals surface area contributed by atoms with E-state index in [4.69, 9.17) is 5.11 Å². The fraction of sp³-hybridized carbons (Fsp3) is 0.750. The summed E-state index contributed by atoms with van der Waals surface area (Å²) in [4.78, 5) is 19.9. The Morgan fingerprint density at radius 3 is 1.79 bits per heavy atom. The first-order valence-corrected chi connectivity index (χ1v) is 5.76. The van der Waals surface area contributed by atoms with Crippen molar-refractivity contribution in [3.63, 3.8) is 0 Å². The lowest BCUT2D eigenvalue weighted by Crippen LogP contribution is -2.03. The molecule has 0 amide bonds. The van der Waals surface area contributed by atoms with Crippen LogP contribution in [0.15, 0.2) is 0 Å². The van der Waals surface area contributed by atoms with E-state index in [1.54, 1.807) is 13.8 Å². The van der Waals surface area contributed by atoms with E-state index < -0.39 is 5.97 Å². The fourth-order valence-electron chi connectivity index (χ4n) is 0.469. The highest BCUT2D eigenvalue weighted by Gasteiger charge is 2.00. The Balaban J connectivity index is 0. The van der Waals surface area contributed by atoms with Crippen LogP contribution in [0.2, 0.25) is 0 Å². The van der Waals surface area contributed by atoms with Gasteiger partial charge in [0.1, 0.15) is 0 Å². The number of carboxylic acids is 1. The maximum absolute atomic E-state index is 10.0. The number of carbonyl (C=O) groups excluding carboxylic acids is 1. The van der Waals surface area contributed by atoms with Crippen molar-refractivity contribution in [3.8, 4) is 0 Å². The number of alkyl halides is 2. The second-order valence-corrected chi connectivity index (χ2v) is 5.38. The van der Waals surface area contributed by atoms with Crippen molar-refractivity contribution in [2.24, 2.45) is 0 Å². The van der Waals surface area contributed by atoms with Crippen molar-refractivity contribution >= 4 is 43.8 Å². The summed E-state index contributed by atoms with van der Waals surface area (Å²) < 4.78 is 4.53. The van der Waals surface area contributed by atoms with Crippen molar-refractivity contribution in [2.45, 2.75) is 37.0 Å². The minimum absolute atomic E-state index is 0.0880. The van der Waals surface area contributed by atoms with Gasteiger partial charge in [0, 0.05) is 11.8 Å². The Morgan fingerprint density at radius 1 is 1.36 bits per heavy atom. The maximum atomic E-state index is 10.0. The molecule has 0 aromatic heterocycles. The lowest BCUT2D eigenvalue weighted by Gasteiger charge is -1.99. The standard InChI is InChI=1S/2C4H7BrO2/c1-3(5)7-4(2)6;1-3(5)2-4(6)7/h3H,1-2H3;3H,2H2,1H3,(H,6,7). The highest BCUT2D eigenvalue weighted by Crippen LogP contribution is 2.01. The van der Waals surface area contributed by atoms with E-state index in [9.17, 15) is 9.59 Å². The van der Waals surface area contributed by atoms with Crippen LogP contribution in [0.25, 0.3) is 0 Å². The minimum Gasteiger partial charge on any atom is -0.481 e. The summed E-state index contributed by atoms with van der Waals surface area (Å²) >= 11 is 6.13. The van der Waals surface area contributed by atoms with Crippen LogP contribution in [0, 0.1) is 0 Å². The number of aliphatic carboxylic acids is 1. The number of carbonyl (C=O) groups is 2. The third kappa shape index (κ3) is 22.7. The molecule has 0 rings (SSSR count). The molecule has 0 aliphatic carbocycles. The van der Waals surface area contributed by atoms with Crippen molar-refractivity contribution in [1.29, 1.82) is 0 Å². The van der Waals surface area contributed by atoms with Gasteiger partial charge in [-0.1, -0.05) is 22.9 Å². The molecule has 1 N–H and O–H groups in total. The maximum Gasteiger partial charge on any atom is 0.304 e. The summed E-state index contributed by atoms with van der Waals surface area (Å²) in [7, 11) is 0. The first kappa shape index (κ1) is 16.3. The molecule has 0 saturated carbocycles. The van der Waals surface area contributed by atoms with Crippen molar-refractivity contribution in [1.82, 2.24) is 0 Å². The molecule has 2 unspecified atom stereocenters. The Labute approximate surface area is 100 Å². The normalized spacial score (nSPS) is 13.2. The first-order valence-electron chi connectivity index (χ1n) is 3.92. The van der Waals surface area contributed by atoms with Crippen LogP contribution in [0.4, 0.5) is 0 Å². The van der Waals surface area contributed by atoms with E-state index in [2.05, 4.69) is 36.6 Å². The molecule has 0 fully saturated rings. The van der Waals surface area contributed by atoms with Crippen LogP contribution in [0.3, 0.4) is 0 Å². The predicted molar refractivity (Wildman–Crippen MR) is 60.8 cm³/mol. The van der Waals surface area contributed by atoms with Gasteiger partial charge in [-0.25, -0.2) is 0 Å². The number of esters is 1. The highest BCUT2D eigenvalue weighted by molar-refractivity contribution is 9.09. The largest absolute Gasteiger partial charge is 0.481 e. The van der Waals surface area contributed by atoms with Gasteiger partial charge >= 0.3 is 11.9 Å². The highest BCUT2D eigenvalue weighted by atomic mass is 79.9. The molecule has 0 heterocycles. The zero-order valence-electron chi connectivity index (χ0n) is 8.29. The molecule has 0 spiro atoms. The van der Waals surface area contributed by atoms with Crippen molar-refractivity contribution in [3.05, 3.63) is 0 Å². The first-order chi connectivity index (χ1) is 6.25. The molecule has 0 saturated heterocycles. The topological polar surface area (TPSA) is 63.6 Å². The summed E-state index contributed by atoms with van der Waals surface area (Å²) in [6.07, 6.45) is 0.194. The van der Waals surface area contributed by atoms with Crippen LogP contribution < -0.4 is 0 Å². The number of ether oxygens (including phenoxy) is 1. The molecule has 0 aliphatic rings. The molecular formula is C8H14Br2O4. The zero-order valence-corrected chi connectivity index (χ0v) is 11.5. The van der Waals surface area contributed by atoms with Gasteiger partial charge in [-0.3, -0.25) is 9.59 Å². The van der Waals surface area contributed by atoms with Crippen LogP contribution in [-0.2, 0) is 14.3 Å². The average molecular weight is 334 g/mol. The van der Waals surface area contributed by atoms with Crippen LogP contribution in [0.1, 0.15) is 27.2 Å². The summed E-state index contributed by atoms with van der Waals surface area (Å²) in [6.45, 7) is 4.91. The summed E-state index contributed by atoms with van der Waals surface area (Å²) in [5, 5.41) is 7.89. The van der Waals surface area contributed by atoms with Gasteiger partial charge in [0.15, 0.2) is 5.01 Å². The number of hydrogen-bond acceptors (Lipinski definition) is 3. The van der Waals surface area contributed by atoms with E-state index in [0.717, 1.165) is 0 Å². The number of carboxylic acid groups (broad SMARTS) is 1. The molecular weight excluding hydrogens is 320 g/mol. The fourth-order valence-corrected chi connectivity index (χ4v) is 1.01.